The molecule has 2 N–H and O–H groups in total. The van der Waals surface area contributed by atoms with Gasteiger partial charge in [-0.3, -0.25) is 14.5 Å². The van der Waals surface area contributed by atoms with Crippen LogP contribution in [0.3, 0.4) is 0 Å². The molecular weight excluding hydrogens is 302 g/mol. The molecule has 2 amide bonds. The van der Waals surface area contributed by atoms with Crippen molar-refractivity contribution in [2.75, 3.05) is 30.5 Å². The maximum absolute atomic E-state index is 11.9. The van der Waals surface area contributed by atoms with Crippen LogP contribution < -0.4 is 15.5 Å². The number of nitrogens with zero attached hydrogens (tertiary/aromatic N) is 1. The third-order valence-electron chi connectivity index (χ3n) is 3.26. The van der Waals surface area contributed by atoms with E-state index in [4.69, 9.17) is 17.0 Å². The highest BCUT2D eigenvalue weighted by atomic mass is 32.1. The number of hydrogen-bond acceptors (Lipinski definition) is 4. The Morgan fingerprint density at radius 2 is 1.86 bits per heavy atom. The van der Waals surface area contributed by atoms with Crippen molar-refractivity contribution in [1.29, 1.82) is 0 Å². The van der Waals surface area contributed by atoms with Crippen molar-refractivity contribution < 1.29 is 14.3 Å². The van der Waals surface area contributed by atoms with E-state index in [1.165, 1.54) is 4.90 Å². The summed E-state index contributed by atoms with van der Waals surface area (Å²) < 4.78 is 4.93. The van der Waals surface area contributed by atoms with Crippen molar-refractivity contribution in [2.45, 2.75) is 19.3 Å². The van der Waals surface area contributed by atoms with Crippen LogP contribution in [-0.4, -0.2) is 37.2 Å². The zero-order valence-electron chi connectivity index (χ0n) is 12.4. The fourth-order valence-corrected chi connectivity index (χ4v) is 2.40. The molecule has 1 heterocycles. The molecule has 1 aromatic carbocycles. The van der Waals surface area contributed by atoms with E-state index in [0.717, 1.165) is 5.69 Å². The highest BCUT2D eigenvalue weighted by Crippen LogP contribution is 2.23. The molecule has 0 saturated carbocycles. The van der Waals surface area contributed by atoms with Gasteiger partial charge >= 0.3 is 0 Å². The van der Waals surface area contributed by atoms with Crippen LogP contribution in [0.4, 0.5) is 11.4 Å². The molecule has 0 aromatic heterocycles. The van der Waals surface area contributed by atoms with E-state index in [-0.39, 0.29) is 11.8 Å². The first-order valence-electron chi connectivity index (χ1n) is 7.11. The van der Waals surface area contributed by atoms with Crippen LogP contribution in [0.1, 0.15) is 19.3 Å². The second kappa shape index (κ2) is 7.86. The van der Waals surface area contributed by atoms with Gasteiger partial charge in [-0.15, -0.1) is 0 Å². The molecular formula is C15H19N3O3S. The van der Waals surface area contributed by atoms with Crippen LogP contribution in [0.15, 0.2) is 24.3 Å². The number of imide groups is 1. The minimum Gasteiger partial charge on any atom is -0.383 e. The predicted octanol–water partition coefficient (Wildman–Crippen LogP) is 1.66. The number of nitrogens with one attached hydrogen (secondary N) is 2. The molecule has 1 fully saturated rings. The molecule has 2 rings (SSSR count). The smallest absolute Gasteiger partial charge is 0.233 e. The fraction of sp³-hybridized carbons (Fsp3) is 0.400. The number of anilines is 2. The number of piperidine rings is 1. The van der Waals surface area contributed by atoms with Crippen molar-refractivity contribution in [2.24, 2.45) is 0 Å². The van der Waals surface area contributed by atoms with Crippen molar-refractivity contribution in [3.63, 3.8) is 0 Å². The zero-order chi connectivity index (χ0) is 15.9. The van der Waals surface area contributed by atoms with Gasteiger partial charge in [0.15, 0.2) is 5.11 Å². The predicted molar refractivity (Wildman–Crippen MR) is 88.9 cm³/mol. The van der Waals surface area contributed by atoms with Gasteiger partial charge in [0.2, 0.25) is 11.8 Å². The first-order valence-corrected chi connectivity index (χ1v) is 7.52. The third-order valence-corrected chi connectivity index (χ3v) is 3.50. The highest BCUT2D eigenvalue weighted by molar-refractivity contribution is 7.80. The van der Waals surface area contributed by atoms with Crippen LogP contribution in [-0.2, 0) is 14.3 Å². The Labute approximate surface area is 134 Å². The third kappa shape index (κ3) is 4.25. The molecule has 0 radical (unpaired) electrons. The molecule has 0 spiro atoms. The minimum atomic E-state index is -0.145. The Kier molecular flexibility index (Phi) is 5.85. The van der Waals surface area contributed by atoms with Crippen molar-refractivity contribution in [3.8, 4) is 0 Å². The van der Waals surface area contributed by atoms with Gasteiger partial charge in [-0.05, 0) is 42.9 Å². The maximum atomic E-state index is 11.9. The summed E-state index contributed by atoms with van der Waals surface area (Å²) in [5.74, 6) is -0.289. The summed E-state index contributed by atoms with van der Waals surface area (Å²) >= 11 is 5.15. The largest absolute Gasteiger partial charge is 0.383 e. The first-order chi connectivity index (χ1) is 10.6. The average Bonchev–Trinajstić information content (AvgIpc) is 2.49. The summed E-state index contributed by atoms with van der Waals surface area (Å²) in [5.41, 5.74) is 1.38. The molecule has 6 nitrogen and oxygen atoms in total. The van der Waals surface area contributed by atoms with Gasteiger partial charge in [0.25, 0.3) is 0 Å². The van der Waals surface area contributed by atoms with Crippen LogP contribution >= 0.6 is 12.2 Å². The van der Waals surface area contributed by atoms with Crippen LogP contribution in [0.2, 0.25) is 0 Å². The van der Waals surface area contributed by atoms with Gasteiger partial charge < -0.3 is 15.4 Å². The van der Waals surface area contributed by atoms with E-state index >= 15 is 0 Å². The molecule has 1 aliphatic heterocycles. The second-order valence-corrected chi connectivity index (χ2v) is 5.31. The summed E-state index contributed by atoms with van der Waals surface area (Å²) in [6.07, 6.45) is 1.47. The molecule has 118 valence electrons. The number of rotatable bonds is 5. The zero-order valence-corrected chi connectivity index (χ0v) is 13.2. The topological polar surface area (TPSA) is 70.7 Å². The van der Waals surface area contributed by atoms with E-state index in [2.05, 4.69) is 10.6 Å². The normalized spacial score (nSPS) is 14.9. The highest BCUT2D eigenvalue weighted by Gasteiger charge is 2.27. The number of amides is 2. The molecule has 0 bridgehead atoms. The van der Waals surface area contributed by atoms with Crippen molar-refractivity contribution in [3.05, 3.63) is 24.3 Å². The van der Waals surface area contributed by atoms with Gasteiger partial charge in [0, 0.05) is 32.2 Å². The number of ether oxygens (including phenoxy) is 1. The van der Waals surface area contributed by atoms with Gasteiger partial charge in [-0.1, -0.05) is 0 Å². The number of carbonyl (C=O) groups excluding carboxylic acids is 2. The van der Waals surface area contributed by atoms with Crippen LogP contribution in [0.5, 0.6) is 0 Å². The summed E-state index contributed by atoms with van der Waals surface area (Å²) in [5, 5.41) is 6.53. The molecule has 0 atom stereocenters. The lowest BCUT2D eigenvalue weighted by Crippen LogP contribution is -2.40. The van der Waals surface area contributed by atoms with Crippen molar-refractivity contribution in [1.82, 2.24) is 5.32 Å². The van der Waals surface area contributed by atoms with Crippen LogP contribution in [0, 0.1) is 0 Å². The Balaban J connectivity index is 1.96. The molecule has 7 heteroatoms. The van der Waals surface area contributed by atoms with Gasteiger partial charge in [0.1, 0.15) is 0 Å². The molecule has 1 aromatic rings. The molecule has 0 aliphatic carbocycles. The quantitative estimate of drug-likeness (QED) is 0.488. The van der Waals surface area contributed by atoms with Crippen LogP contribution in [0.25, 0.3) is 0 Å². The Morgan fingerprint density at radius 3 is 2.45 bits per heavy atom. The Hall–Kier alpha value is -1.99. The lowest BCUT2D eigenvalue weighted by molar-refractivity contribution is -0.129. The average molecular weight is 321 g/mol. The van der Waals surface area contributed by atoms with Gasteiger partial charge in [-0.25, -0.2) is 0 Å². The Bertz CT molecular complexity index is 544. The Morgan fingerprint density at radius 1 is 1.23 bits per heavy atom. The lowest BCUT2D eigenvalue weighted by atomic mass is 10.1. The number of methoxy groups -OCH3 is 1. The molecule has 0 unspecified atom stereocenters. The fourth-order valence-electron chi connectivity index (χ4n) is 2.18. The number of hydrogen-bond donors (Lipinski definition) is 2. The number of benzene rings is 1. The summed E-state index contributed by atoms with van der Waals surface area (Å²) in [6, 6.07) is 7.05. The van der Waals surface area contributed by atoms with Gasteiger partial charge in [-0.2, -0.15) is 0 Å². The van der Waals surface area contributed by atoms with E-state index in [1.54, 1.807) is 31.4 Å². The maximum Gasteiger partial charge on any atom is 0.233 e. The number of thiocarbonyl (C=S) groups is 1. The first kappa shape index (κ1) is 16.4. The minimum absolute atomic E-state index is 0.145. The van der Waals surface area contributed by atoms with E-state index in [0.29, 0.717) is 43.2 Å². The number of carbonyl (C=O) groups is 2. The second-order valence-electron chi connectivity index (χ2n) is 4.90. The standard InChI is InChI=1S/C15H19N3O3S/c1-21-10-9-16-15(22)17-11-5-7-12(8-6-11)18-13(19)3-2-4-14(18)20/h5-8H,2-4,9-10H2,1H3,(H2,16,17,22). The van der Waals surface area contributed by atoms with Gasteiger partial charge in [0.05, 0.1) is 12.3 Å². The molecule has 22 heavy (non-hydrogen) atoms. The van der Waals surface area contributed by atoms with E-state index in [1.807, 2.05) is 0 Å². The SMILES string of the molecule is COCCNC(=S)Nc1ccc(N2C(=O)CCCC2=O)cc1. The lowest BCUT2D eigenvalue weighted by Gasteiger charge is -2.25. The monoisotopic (exact) mass is 321 g/mol. The van der Waals surface area contributed by atoms with E-state index in [9.17, 15) is 9.59 Å². The summed E-state index contributed by atoms with van der Waals surface area (Å²) in [6.45, 7) is 1.19. The van der Waals surface area contributed by atoms with E-state index < -0.39 is 0 Å². The molecule has 1 saturated heterocycles. The molecule has 1 aliphatic rings. The van der Waals surface area contributed by atoms with Crippen molar-refractivity contribution >= 4 is 40.5 Å². The summed E-state index contributed by atoms with van der Waals surface area (Å²) in [7, 11) is 1.63. The summed E-state index contributed by atoms with van der Waals surface area (Å²) in [4.78, 5) is 25.0.